The van der Waals surface area contributed by atoms with Crippen molar-refractivity contribution in [1.82, 2.24) is 19.8 Å². The summed E-state index contributed by atoms with van der Waals surface area (Å²) in [5, 5.41) is 14.2. The highest BCUT2D eigenvalue weighted by Crippen LogP contribution is 2.15. The van der Waals surface area contributed by atoms with Crippen LogP contribution in [0.15, 0.2) is 11.2 Å². The van der Waals surface area contributed by atoms with Gasteiger partial charge < -0.3 is 10.0 Å². The van der Waals surface area contributed by atoms with Crippen LogP contribution in [0, 0.1) is 0 Å². The lowest BCUT2D eigenvalue weighted by Gasteiger charge is -2.29. The van der Waals surface area contributed by atoms with Gasteiger partial charge in [-0.2, -0.15) is 5.10 Å². The third-order valence-electron chi connectivity index (χ3n) is 3.14. The number of H-pyrrole nitrogens is 1. The molecule has 1 saturated heterocycles. The van der Waals surface area contributed by atoms with Crippen LogP contribution >= 0.6 is 0 Å². The average molecular weight is 288 g/mol. The Bertz CT molecular complexity index is 560. The predicted octanol–water partition coefficient (Wildman–Crippen LogP) is -0.520. The van der Waals surface area contributed by atoms with Gasteiger partial charge in [-0.15, -0.1) is 0 Å². The summed E-state index contributed by atoms with van der Waals surface area (Å²) >= 11 is 0. The van der Waals surface area contributed by atoms with Crippen LogP contribution in [-0.2, 0) is 10.0 Å². The minimum atomic E-state index is -3.88. The van der Waals surface area contributed by atoms with E-state index < -0.39 is 16.0 Å². The van der Waals surface area contributed by atoms with Crippen molar-refractivity contribution in [1.29, 1.82) is 0 Å². The van der Waals surface area contributed by atoms with Crippen molar-refractivity contribution in [2.45, 2.75) is 23.9 Å². The van der Waals surface area contributed by atoms with Gasteiger partial charge in [-0.1, -0.05) is 0 Å². The molecule has 0 atom stereocenters. The highest BCUT2D eigenvalue weighted by atomic mass is 32.2. The van der Waals surface area contributed by atoms with E-state index in [1.54, 1.807) is 0 Å². The van der Waals surface area contributed by atoms with Crippen LogP contribution in [0.25, 0.3) is 0 Å². The quantitative estimate of drug-likeness (QED) is 0.686. The molecule has 106 valence electrons. The molecule has 0 radical (unpaired) electrons. The number of hydrogen-bond acceptors (Lipinski definition) is 5. The van der Waals surface area contributed by atoms with Crippen LogP contribution in [0.3, 0.4) is 0 Å². The number of piperidine rings is 1. The number of carboxylic acids is 1. The predicted molar refractivity (Wildman–Crippen MR) is 66.4 cm³/mol. The first-order valence-corrected chi connectivity index (χ1v) is 7.36. The molecule has 0 amide bonds. The number of likely N-dealkylation sites (tertiary alicyclic amines) is 1. The summed E-state index contributed by atoms with van der Waals surface area (Å²) in [6.45, 7) is 1.61. The summed E-state index contributed by atoms with van der Waals surface area (Å²) in [7, 11) is -1.90. The summed E-state index contributed by atoms with van der Waals surface area (Å²) in [4.78, 5) is 13.0. The van der Waals surface area contributed by atoms with Crippen molar-refractivity contribution in [3.05, 3.63) is 11.8 Å². The number of nitrogens with one attached hydrogen (secondary N) is 2. The second kappa shape index (κ2) is 5.27. The molecule has 0 aliphatic carbocycles. The number of rotatable bonds is 4. The Morgan fingerprint density at radius 1 is 1.53 bits per heavy atom. The number of carboxylic acid groups (broad SMARTS) is 1. The Kier molecular flexibility index (Phi) is 3.88. The van der Waals surface area contributed by atoms with E-state index in [9.17, 15) is 13.2 Å². The number of aromatic amines is 1. The van der Waals surface area contributed by atoms with Gasteiger partial charge in [0.2, 0.25) is 0 Å². The number of aromatic nitrogens is 2. The maximum atomic E-state index is 12.1. The van der Waals surface area contributed by atoms with E-state index in [0.717, 1.165) is 19.3 Å². The van der Waals surface area contributed by atoms with E-state index in [2.05, 4.69) is 19.8 Å². The lowest BCUT2D eigenvalue weighted by atomic mass is 10.1. The van der Waals surface area contributed by atoms with E-state index in [1.807, 2.05) is 7.05 Å². The van der Waals surface area contributed by atoms with Gasteiger partial charge in [0.25, 0.3) is 10.0 Å². The largest absolute Gasteiger partial charge is 0.478 e. The molecule has 1 fully saturated rings. The lowest BCUT2D eigenvalue weighted by Crippen LogP contribution is -2.43. The minimum Gasteiger partial charge on any atom is -0.478 e. The van der Waals surface area contributed by atoms with Crippen LogP contribution in [0.2, 0.25) is 0 Å². The zero-order valence-corrected chi connectivity index (χ0v) is 11.3. The summed E-state index contributed by atoms with van der Waals surface area (Å²) in [5.74, 6) is -1.32. The zero-order valence-electron chi connectivity index (χ0n) is 10.5. The van der Waals surface area contributed by atoms with Crippen molar-refractivity contribution in [2.75, 3.05) is 20.1 Å². The Labute approximate surface area is 110 Å². The van der Waals surface area contributed by atoms with Crippen molar-refractivity contribution in [3.8, 4) is 0 Å². The molecule has 0 unspecified atom stereocenters. The van der Waals surface area contributed by atoms with Crippen molar-refractivity contribution in [2.24, 2.45) is 0 Å². The summed E-state index contributed by atoms with van der Waals surface area (Å²) in [6, 6.07) is -0.175. The molecule has 0 spiro atoms. The Balaban J connectivity index is 2.14. The second-order valence-corrected chi connectivity index (χ2v) is 6.27. The first-order chi connectivity index (χ1) is 8.90. The number of aromatic carboxylic acids is 1. The van der Waals surface area contributed by atoms with Crippen LogP contribution in [0.1, 0.15) is 23.2 Å². The maximum Gasteiger partial charge on any atom is 0.340 e. The zero-order chi connectivity index (χ0) is 14.0. The molecule has 1 aromatic rings. The Hall–Kier alpha value is -1.45. The Morgan fingerprint density at radius 3 is 2.74 bits per heavy atom. The molecule has 3 N–H and O–H groups in total. The fourth-order valence-corrected chi connectivity index (χ4v) is 3.43. The molecule has 1 aliphatic rings. The summed E-state index contributed by atoms with van der Waals surface area (Å²) in [5.41, 5.74) is -0.347. The van der Waals surface area contributed by atoms with Gasteiger partial charge in [0.1, 0.15) is 5.56 Å². The number of sulfonamides is 1. The molecule has 1 aromatic heterocycles. The number of nitrogens with zero attached hydrogens (tertiary/aromatic N) is 2. The highest BCUT2D eigenvalue weighted by molar-refractivity contribution is 7.89. The fraction of sp³-hybridized carbons (Fsp3) is 0.600. The van der Waals surface area contributed by atoms with E-state index >= 15 is 0 Å². The monoisotopic (exact) mass is 288 g/mol. The molecular weight excluding hydrogens is 272 g/mol. The molecular formula is C10H16N4O4S. The molecule has 0 saturated carbocycles. The Morgan fingerprint density at radius 2 is 2.16 bits per heavy atom. The van der Waals surface area contributed by atoms with Crippen molar-refractivity contribution >= 4 is 16.0 Å². The topological polar surface area (TPSA) is 115 Å². The van der Waals surface area contributed by atoms with E-state index in [4.69, 9.17) is 5.11 Å². The summed E-state index contributed by atoms with van der Waals surface area (Å²) < 4.78 is 26.7. The standard InChI is InChI=1S/C10H16N4O4S/c1-14-4-2-7(3-5-14)13-19(17,18)9-8(10(15)16)6-11-12-9/h6-7,13H,2-5H2,1H3,(H,11,12)(H,15,16). The summed E-state index contributed by atoms with van der Waals surface area (Å²) in [6.07, 6.45) is 2.39. The lowest BCUT2D eigenvalue weighted by molar-refractivity contribution is 0.0692. The average Bonchev–Trinajstić information content (AvgIpc) is 2.82. The highest BCUT2D eigenvalue weighted by Gasteiger charge is 2.28. The van der Waals surface area contributed by atoms with E-state index in [0.29, 0.717) is 12.8 Å². The third-order valence-corrected chi connectivity index (χ3v) is 4.64. The van der Waals surface area contributed by atoms with Crippen molar-refractivity contribution < 1.29 is 18.3 Å². The first-order valence-electron chi connectivity index (χ1n) is 5.87. The van der Waals surface area contributed by atoms with Gasteiger partial charge in [-0.05, 0) is 33.0 Å². The van der Waals surface area contributed by atoms with Gasteiger partial charge >= 0.3 is 5.97 Å². The smallest absolute Gasteiger partial charge is 0.340 e. The van der Waals surface area contributed by atoms with E-state index in [-0.39, 0.29) is 16.6 Å². The molecule has 0 aromatic carbocycles. The van der Waals surface area contributed by atoms with Crippen LogP contribution in [0.4, 0.5) is 0 Å². The molecule has 2 rings (SSSR count). The maximum absolute atomic E-state index is 12.1. The number of carbonyl (C=O) groups is 1. The van der Waals surface area contributed by atoms with Gasteiger partial charge in [0.05, 0.1) is 6.20 Å². The minimum absolute atomic E-state index is 0.175. The molecule has 8 nitrogen and oxygen atoms in total. The molecule has 9 heteroatoms. The first kappa shape index (κ1) is 14.0. The fourth-order valence-electron chi connectivity index (χ4n) is 2.04. The van der Waals surface area contributed by atoms with Gasteiger partial charge in [-0.3, -0.25) is 5.10 Å². The van der Waals surface area contributed by atoms with E-state index in [1.165, 1.54) is 0 Å². The van der Waals surface area contributed by atoms with Gasteiger partial charge in [0.15, 0.2) is 5.03 Å². The molecule has 2 heterocycles. The van der Waals surface area contributed by atoms with Gasteiger partial charge in [-0.25, -0.2) is 17.9 Å². The van der Waals surface area contributed by atoms with Crippen molar-refractivity contribution in [3.63, 3.8) is 0 Å². The van der Waals surface area contributed by atoms with Gasteiger partial charge in [0, 0.05) is 6.04 Å². The van der Waals surface area contributed by atoms with Crippen LogP contribution < -0.4 is 4.72 Å². The SMILES string of the molecule is CN1CCC(NS(=O)(=O)c2[nH]ncc2C(=O)O)CC1. The third kappa shape index (κ3) is 3.11. The molecule has 1 aliphatic heterocycles. The number of hydrogen-bond donors (Lipinski definition) is 3. The molecule has 0 bridgehead atoms. The normalized spacial score (nSPS) is 18.6. The molecule has 19 heavy (non-hydrogen) atoms. The second-order valence-electron chi connectivity index (χ2n) is 4.62. The van der Waals surface area contributed by atoms with Crippen LogP contribution in [0.5, 0.6) is 0 Å². The van der Waals surface area contributed by atoms with Crippen LogP contribution in [-0.4, -0.2) is 60.8 Å².